The van der Waals surface area contributed by atoms with Crippen LogP contribution in [0.15, 0.2) is 69.0 Å². The van der Waals surface area contributed by atoms with E-state index in [1.54, 1.807) is 9.58 Å². The number of furan rings is 1. The minimum atomic E-state index is -0.769. The quantitative estimate of drug-likeness (QED) is 0.320. The molecular weight excluding hydrogens is 472 g/mol. The van der Waals surface area contributed by atoms with E-state index in [2.05, 4.69) is 4.98 Å². The summed E-state index contributed by atoms with van der Waals surface area (Å²) >= 11 is 7.74. The first-order chi connectivity index (χ1) is 16.4. The lowest BCUT2D eigenvalue weighted by Gasteiger charge is -2.30. The van der Waals surface area contributed by atoms with Crippen molar-refractivity contribution in [2.75, 3.05) is 10.7 Å². The van der Waals surface area contributed by atoms with Gasteiger partial charge in [-0.2, -0.15) is 0 Å². The number of halogens is 1. The van der Waals surface area contributed by atoms with E-state index in [0.717, 1.165) is 16.9 Å². The number of benzene rings is 2. The van der Waals surface area contributed by atoms with E-state index in [-0.39, 0.29) is 11.5 Å². The lowest BCUT2D eigenvalue weighted by Crippen LogP contribution is -2.60. The molecule has 1 aliphatic rings. The molecule has 0 saturated carbocycles. The number of aromatic amines is 1. The average molecular weight is 494 g/mol. The zero-order chi connectivity index (χ0) is 24.0. The van der Waals surface area contributed by atoms with E-state index >= 15 is 0 Å². The summed E-state index contributed by atoms with van der Waals surface area (Å²) in [5, 5.41) is 5.83. The SMILES string of the molecule is CCSc1n[n+]2c(c(=O)[nH]1)-c1ccccc1N(C(C)=O)C2c1ccc(-c2cccc(Cl)c2C)o1. The number of rotatable bonds is 4. The smallest absolute Gasteiger partial charge is 0.325 e. The highest BCUT2D eigenvalue weighted by Crippen LogP contribution is 2.39. The zero-order valence-electron chi connectivity index (χ0n) is 18.8. The molecule has 0 saturated heterocycles. The van der Waals surface area contributed by atoms with Crippen molar-refractivity contribution in [3.8, 4) is 22.6 Å². The van der Waals surface area contributed by atoms with Crippen molar-refractivity contribution >= 4 is 35.0 Å². The summed E-state index contributed by atoms with van der Waals surface area (Å²) in [5.74, 6) is 1.64. The number of amides is 1. The highest BCUT2D eigenvalue weighted by atomic mass is 35.5. The van der Waals surface area contributed by atoms with Crippen molar-refractivity contribution < 1.29 is 13.9 Å². The lowest BCUT2D eigenvalue weighted by atomic mass is 10.0. The van der Waals surface area contributed by atoms with Crippen molar-refractivity contribution in [2.24, 2.45) is 0 Å². The molecule has 9 heteroatoms. The molecule has 0 fully saturated rings. The summed E-state index contributed by atoms with van der Waals surface area (Å²) in [6.45, 7) is 5.41. The molecule has 34 heavy (non-hydrogen) atoms. The maximum atomic E-state index is 13.2. The van der Waals surface area contributed by atoms with Gasteiger partial charge in [0.05, 0.1) is 11.3 Å². The van der Waals surface area contributed by atoms with Gasteiger partial charge < -0.3 is 4.42 Å². The van der Waals surface area contributed by atoms with Gasteiger partial charge in [0.25, 0.3) is 0 Å². The number of anilines is 1. The molecule has 4 aromatic rings. The monoisotopic (exact) mass is 493 g/mol. The Balaban J connectivity index is 1.75. The number of H-pyrrole nitrogens is 1. The Morgan fingerprint density at radius 3 is 2.71 bits per heavy atom. The molecule has 1 unspecified atom stereocenters. The standard InChI is InChI=1S/C25H21ClN4O3S/c1-4-34-25-27-23(32)22-17-8-5-6-11-19(17)29(15(3)31)24(30(22)28-25)21-13-12-20(33-21)16-9-7-10-18(26)14(16)2/h5-13,24H,4H2,1-3H3/p+1. The normalized spacial score (nSPS) is 14.6. The summed E-state index contributed by atoms with van der Waals surface area (Å²) in [6, 6.07) is 16.6. The topological polar surface area (TPSA) is 83.1 Å². The van der Waals surface area contributed by atoms with E-state index in [0.29, 0.717) is 38.6 Å². The van der Waals surface area contributed by atoms with Crippen LogP contribution in [0.2, 0.25) is 5.02 Å². The van der Waals surface area contributed by atoms with Crippen LogP contribution in [-0.2, 0) is 4.79 Å². The van der Waals surface area contributed by atoms with Crippen LogP contribution >= 0.6 is 23.4 Å². The molecule has 7 nitrogen and oxygen atoms in total. The second-order valence-corrected chi connectivity index (χ2v) is 9.54. The van der Waals surface area contributed by atoms with E-state index in [4.69, 9.17) is 21.1 Å². The number of nitrogens with one attached hydrogen (secondary N) is 1. The van der Waals surface area contributed by atoms with Crippen LogP contribution in [0.25, 0.3) is 22.6 Å². The molecular formula is C25H22ClN4O3S+. The lowest BCUT2D eigenvalue weighted by molar-refractivity contribution is -0.764. The van der Waals surface area contributed by atoms with E-state index < -0.39 is 6.17 Å². The molecule has 172 valence electrons. The van der Waals surface area contributed by atoms with Gasteiger partial charge >= 0.3 is 17.4 Å². The van der Waals surface area contributed by atoms with Gasteiger partial charge in [-0.05, 0) is 53.3 Å². The zero-order valence-corrected chi connectivity index (χ0v) is 20.4. The fraction of sp³-hybridized carbons (Fsp3) is 0.200. The van der Waals surface area contributed by atoms with Gasteiger partial charge in [-0.25, -0.2) is 4.90 Å². The van der Waals surface area contributed by atoms with Crippen LogP contribution in [0.3, 0.4) is 0 Å². The number of carbonyl (C=O) groups is 1. The Kier molecular flexibility index (Phi) is 5.79. The Hall–Kier alpha value is -3.36. The Morgan fingerprint density at radius 2 is 1.94 bits per heavy atom. The molecule has 2 aromatic heterocycles. The van der Waals surface area contributed by atoms with Crippen LogP contribution in [0.1, 0.15) is 31.3 Å². The molecule has 0 aliphatic carbocycles. The van der Waals surface area contributed by atoms with Crippen LogP contribution in [0.4, 0.5) is 5.69 Å². The molecule has 2 aromatic carbocycles. The van der Waals surface area contributed by atoms with Crippen molar-refractivity contribution in [1.82, 2.24) is 10.1 Å². The first-order valence-corrected chi connectivity index (χ1v) is 12.2. The van der Waals surface area contributed by atoms with Gasteiger partial charge in [0, 0.05) is 22.6 Å². The number of nitrogens with zero attached hydrogens (tertiary/aromatic N) is 3. The summed E-state index contributed by atoms with van der Waals surface area (Å²) < 4.78 is 7.90. The summed E-state index contributed by atoms with van der Waals surface area (Å²) in [4.78, 5) is 30.6. The second kappa shape index (κ2) is 8.77. The largest absolute Gasteiger partial charge is 0.452 e. The minimum absolute atomic E-state index is 0.195. The Labute approximate surface area is 205 Å². The molecule has 0 spiro atoms. The van der Waals surface area contributed by atoms with E-state index in [1.807, 2.05) is 68.4 Å². The number of carbonyl (C=O) groups excluding carboxylic acids is 1. The Morgan fingerprint density at radius 1 is 1.18 bits per heavy atom. The number of thioether (sulfide) groups is 1. The van der Waals surface area contributed by atoms with Crippen molar-refractivity contribution in [3.63, 3.8) is 0 Å². The number of fused-ring (bicyclic) bond motifs is 3. The first kappa shape index (κ1) is 22.4. The third kappa shape index (κ3) is 3.63. The van der Waals surface area contributed by atoms with Gasteiger partial charge in [-0.3, -0.25) is 14.6 Å². The van der Waals surface area contributed by atoms with Gasteiger partial charge in [0.2, 0.25) is 11.1 Å². The maximum absolute atomic E-state index is 13.2. The highest BCUT2D eigenvalue weighted by molar-refractivity contribution is 7.99. The second-order valence-electron chi connectivity index (χ2n) is 7.88. The Bertz CT molecular complexity index is 1480. The van der Waals surface area contributed by atoms with Gasteiger partial charge in [-0.15, -0.1) is 0 Å². The predicted octanol–water partition coefficient (Wildman–Crippen LogP) is 4.97. The average Bonchev–Trinajstić information content (AvgIpc) is 3.29. The summed E-state index contributed by atoms with van der Waals surface area (Å²) in [6.07, 6.45) is -0.769. The molecule has 1 aliphatic heterocycles. The van der Waals surface area contributed by atoms with Crippen molar-refractivity contribution in [2.45, 2.75) is 32.1 Å². The number of para-hydroxylation sites is 1. The molecule has 1 amide bonds. The van der Waals surface area contributed by atoms with Crippen LogP contribution < -0.4 is 15.1 Å². The first-order valence-electron chi connectivity index (χ1n) is 10.8. The third-order valence-electron chi connectivity index (χ3n) is 5.79. The molecule has 1 atom stereocenters. The van der Waals surface area contributed by atoms with Crippen molar-refractivity contribution in [3.05, 3.63) is 81.3 Å². The number of hydrogen-bond acceptors (Lipinski definition) is 5. The van der Waals surface area contributed by atoms with Crippen LogP contribution in [0, 0.1) is 6.92 Å². The molecule has 1 N–H and O–H groups in total. The molecule has 0 radical (unpaired) electrons. The van der Waals surface area contributed by atoms with Gasteiger partial charge in [-0.1, -0.05) is 54.6 Å². The molecule has 5 rings (SSSR count). The molecule has 3 heterocycles. The minimum Gasteiger partial charge on any atom is -0.452 e. The summed E-state index contributed by atoms with van der Waals surface area (Å²) in [5.41, 5.74) is 3.11. The number of hydrogen-bond donors (Lipinski definition) is 1. The predicted molar refractivity (Wildman–Crippen MR) is 132 cm³/mol. The van der Waals surface area contributed by atoms with Crippen LogP contribution in [0.5, 0.6) is 0 Å². The van der Waals surface area contributed by atoms with Gasteiger partial charge in [0.15, 0.2) is 5.76 Å². The fourth-order valence-corrected chi connectivity index (χ4v) is 5.04. The van der Waals surface area contributed by atoms with Gasteiger partial charge in [0.1, 0.15) is 5.76 Å². The molecule has 0 bridgehead atoms. The van der Waals surface area contributed by atoms with E-state index in [9.17, 15) is 9.59 Å². The van der Waals surface area contributed by atoms with Crippen molar-refractivity contribution in [1.29, 1.82) is 0 Å². The third-order valence-corrected chi connectivity index (χ3v) is 6.95. The van der Waals surface area contributed by atoms with Crippen LogP contribution in [-0.4, -0.2) is 21.7 Å². The highest BCUT2D eigenvalue weighted by Gasteiger charge is 2.46. The summed E-state index contributed by atoms with van der Waals surface area (Å²) in [7, 11) is 0. The number of aromatic nitrogens is 3. The van der Waals surface area contributed by atoms with E-state index in [1.165, 1.54) is 18.7 Å². The maximum Gasteiger partial charge on any atom is 0.325 e. The fourth-order valence-electron chi connectivity index (χ4n) is 4.28.